The van der Waals surface area contributed by atoms with E-state index in [0.29, 0.717) is 11.5 Å². The van der Waals surface area contributed by atoms with Crippen molar-refractivity contribution in [3.8, 4) is 0 Å². The molecule has 0 aliphatic carbocycles. The third-order valence-electron chi connectivity index (χ3n) is 3.49. The summed E-state index contributed by atoms with van der Waals surface area (Å²) < 4.78 is 8.74. The molecule has 0 aliphatic rings. The Hall–Kier alpha value is -2.97. The van der Waals surface area contributed by atoms with Crippen LogP contribution >= 0.6 is 0 Å². The standard InChI is InChI=1S/C14H15N5O4/c1-8(20)5-18-7-15-12-11(18)13(21)19(14(22)17(12)3)6-10-4-9(2)23-16-10/h4,7H,5-6H2,1-3H3. The number of nitrogens with zero attached hydrogens (tertiary/aromatic N) is 5. The largest absolute Gasteiger partial charge is 0.361 e. The molecule has 0 spiro atoms. The molecular weight excluding hydrogens is 302 g/mol. The first-order chi connectivity index (χ1) is 10.9. The summed E-state index contributed by atoms with van der Waals surface area (Å²) in [5.41, 5.74) is -0.0891. The molecule has 120 valence electrons. The lowest BCUT2D eigenvalue weighted by Crippen LogP contribution is -2.40. The fraction of sp³-hybridized carbons (Fsp3) is 0.357. The highest BCUT2D eigenvalue weighted by Gasteiger charge is 2.17. The summed E-state index contributed by atoms with van der Waals surface area (Å²) in [7, 11) is 1.53. The van der Waals surface area contributed by atoms with Crippen LogP contribution in [0.15, 0.2) is 26.5 Å². The minimum absolute atomic E-state index is 0.00988. The van der Waals surface area contributed by atoms with Gasteiger partial charge in [0.15, 0.2) is 11.2 Å². The van der Waals surface area contributed by atoms with Gasteiger partial charge in [0.2, 0.25) is 0 Å². The lowest BCUT2D eigenvalue weighted by Gasteiger charge is -2.07. The number of carbonyl (C=O) groups excluding carboxylic acids is 1. The lowest BCUT2D eigenvalue weighted by molar-refractivity contribution is -0.117. The van der Waals surface area contributed by atoms with Crippen molar-refractivity contribution >= 4 is 16.9 Å². The summed E-state index contributed by atoms with van der Waals surface area (Å²) in [6, 6.07) is 1.66. The predicted octanol–water partition coefficient (Wildman–Crippen LogP) is -0.170. The van der Waals surface area contributed by atoms with Gasteiger partial charge in [-0.15, -0.1) is 0 Å². The summed E-state index contributed by atoms with van der Waals surface area (Å²) >= 11 is 0. The molecule has 23 heavy (non-hydrogen) atoms. The average Bonchev–Trinajstić information content (AvgIpc) is 3.07. The number of hydrogen-bond acceptors (Lipinski definition) is 6. The Morgan fingerprint density at radius 3 is 2.70 bits per heavy atom. The number of Topliss-reactive ketones (excluding diaryl/α,β-unsaturated/α-hetero) is 1. The predicted molar refractivity (Wildman–Crippen MR) is 80.3 cm³/mol. The van der Waals surface area contributed by atoms with E-state index in [1.807, 2.05) is 0 Å². The van der Waals surface area contributed by atoms with E-state index in [-0.39, 0.29) is 30.0 Å². The second kappa shape index (κ2) is 5.34. The number of fused-ring (bicyclic) bond motifs is 1. The van der Waals surface area contributed by atoms with Crippen molar-refractivity contribution in [2.75, 3.05) is 0 Å². The Morgan fingerprint density at radius 1 is 1.35 bits per heavy atom. The molecule has 9 nitrogen and oxygen atoms in total. The van der Waals surface area contributed by atoms with Crippen molar-refractivity contribution < 1.29 is 9.32 Å². The van der Waals surface area contributed by atoms with Crippen molar-refractivity contribution in [2.45, 2.75) is 26.9 Å². The molecule has 0 bridgehead atoms. The summed E-state index contributed by atoms with van der Waals surface area (Å²) in [6.45, 7) is 3.16. The van der Waals surface area contributed by atoms with Gasteiger partial charge in [0.05, 0.1) is 19.4 Å². The zero-order valence-corrected chi connectivity index (χ0v) is 12.9. The van der Waals surface area contributed by atoms with Gasteiger partial charge in [-0.3, -0.25) is 18.7 Å². The van der Waals surface area contributed by atoms with Gasteiger partial charge in [0.1, 0.15) is 17.2 Å². The molecule has 0 radical (unpaired) electrons. The molecule has 0 aromatic carbocycles. The van der Waals surface area contributed by atoms with Crippen molar-refractivity contribution in [1.82, 2.24) is 23.8 Å². The van der Waals surface area contributed by atoms with E-state index >= 15 is 0 Å². The molecule has 0 aliphatic heterocycles. The Morgan fingerprint density at radius 2 is 2.09 bits per heavy atom. The van der Waals surface area contributed by atoms with Crippen LogP contribution in [0.2, 0.25) is 0 Å². The van der Waals surface area contributed by atoms with Crippen LogP contribution in [-0.4, -0.2) is 29.6 Å². The molecule has 3 rings (SSSR count). The number of carbonyl (C=O) groups is 1. The monoisotopic (exact) mass is 317 g/mol. The summed E-state index contributed by atoms with van der Waals surface area (Å²) in [6.07, 6.45) is 1.39. The molecule has 0 saturated carbocycles. The maximum absolute atomic E-state index is 12.7. The van der Waals surface area contributed by atoms with Gasteiger partial charge in [0, 0.05) is 13.1 Å². The maximum Gasteiger partial charge on any atom is 0.332 e. The topological polar surface area (TPSA) is 105 Å². The first-order valence-corrected chi connectivity index (χ1v) is 6.94. The molecule has 0 atom stereocenters. The van der Waals surface area contributed by atoms with Gasteiger partial charge in [-0.25, -0.2) is 9.78 Å². The van der Waals surface area contributed by atoms with Gasteiger partial charge in [0.25, 0.3) is 5.56 Å². The fourth-order valence-corrected chi connectivity index (χ4v) is 2.48. The third kappa shape index (κ3) is 2.50. The molecule has 0 N–H and O–H groups in total. The maximum atomic E-state index is 12.7. The van der Waals surface area contributed by atoms with Crippen LogP contribution in [0.3, 0.4) is 0 Å². The van der Waals surface area contributed by atoms with E-state index in [1.165, 1.54) is 29.4 Å². The van der Waals surface area contributed by atoms with Crippen LogP contribution in [-0.2, 0) is 24.9 Å². The molecule has 9 heteroatoms. The molecule has 0 amide bonds. The SMILES string of the molecule is CC(=O)Cn1cnc2c1c(=O)n(Cc1cc(C)on1)c(=O)n2C. The molecule has 3 heterocycles. The third-order valence-corrected chi connectivity index (χ3v) is 3.49. The van der Waals surface area contributed by atoms with Crippen LogP contribution < -0.4 is 11.2 Å². The van der Waals surface area contributed by atoms with Crippen molar-refractivity contribution in [3.05, 3.63) is 44.7 Å². The van der Waals surface area contributed by atoms with Crippen LogP contribution in [0.1, 0.15) is 18.4 Å². The van der Waals surface area contributed by atoms with E-state index in [0.717, 1.165) is 4.57 Å². The molecule has 0 unspecified atom stereocenters. The normalized spacial score (nSPS) is 11.3. The molecular formula is C14H15N5O4. The zero-order chi connectivity index (χ0) is 16.7. The fourth-order valence-electron chi connectivity index (χ4n) is 2.48. The summed E-state index contributed by atoms with van der Waals surface area (Å²) in [5, 5.41) is 3.80. The van der Waals surface area contributed by atoms with Crippen molar-refractivity contribution in [3.63, 3.8) is 0 Å². The number of imidazole rings is 1. The van der Waals surface area contributed by atoms with Crippen LogP contribution in [0.5, 0.6) is 0 Å². The van der Waals surface area contributed by atoms with E-state index in [4.69, 9.17) is 4.52 Å². The minimum Gasteiger partial charge on any atom is -0.361 e. The number of aromatic nitrogens is 5. The Kier molecular flexibility index (Phi) is 3.47. The van der Waals surface area contributed by atoms with Gasteiger partial charge in [-0.1, -0.05) is 5.16 Å². The first-order valence-electron chi connectivity index (χ1n) is 6.94. The first kappa shape index (κ1) is 14.9. The van der Waals surface area contributed by atoms with Crippen LogP contribution in [0.25, 0.3) is 11.2 Å². The Balaban J connectivity index is 2.23. The highest BCUT2D eigenvalue weighted by Crippen LogP contribution is 2.07. The minimum atomic E-state index is -0.512. The van der Waals surface area contributed by atoms with Crippen LogP contribution in [0.4, 0.5) is 0 Å². The van der Waals surface area contributed by atoms with Gasteiger partial charge in [-0.05, 0) is 13.8 Å². The molecule has 0 saturated heterocycles. The number of hydrogen-bond donors (Lipinski definition) is 0. The highest BCUT2D eigenvalue weighted by atomic mass is 16.5. The number of aryl methyl sites for hydroxylation is 2. The van der Waals surface area contributed by atoms with Gasteiger partial charge >= 0.3 is 5.69 Å². The van der Waals surface area contributed by atoms with E-state index in [2.05, 4.69) is 10.1 Å². The quantitative estimate of drug-likeness (QED) is 0.661. The molecule has 3 aromatic rings. The smallest absolute Gasteiger partial charge is 0.332 e. The second-order valence-electron chi connectivity index (χ2n) is 5.41. The lowest BCUT2D eigenvalue weighted by atomic mass is 10.3. The van der Waals surface area contributed by atoms with Crippen molar-refractivity contribution in [1.29, 1.82) is 0 Å². The van der Waals surface area contributed by atoms with E-state index in [9.17, 15) is 14.4 Å². The highest BCUT2D eigenvalue weighted by molar-refractivity contribution is 5.78. The van der Waals surface area contributed by atoms with Gasteiger partial charge in [-0.2, -0.15) is 0 Å². The number of rotatable bonds is 4. The Bertz CT molecular complexity index is 1020. The van der Waals surface area contributed by atoms with Gasteiger partial charge < -0.3 is 9.09 Å². The van der Waals surface area contributed by atoms with Crippen molar-refractivity contribution in [2.24, 2.45) is 7.05 Å². The Labute approximate surface area is 129 Å². The summed E-state index contributed by atoms with van der Waals surface area (Å²) in [4.78, 5) is 40.5. The summed E-state index contributed by atoms with van der Waals surface area (Å²) in [5.74, 6) is 0.476. The number of ketones is 1. The van der Waals surface area contributed by atoms with E-state index < -0.39 is 11.2 Å². The molecule has 3 aromatic heterocycles. The zero-order valence-electron chi connectivity index (χ0n) is 12.9. The average molecular weight is 317 g/mol. The van der Waals surface area contributed by atoms with Crippen LogP contribution in [0, 0.1) is 6.92 Å². The second-order valence-corrected chi connectivity index (χ2v) is 5.41. The van der Waals surface area contributed by atoms with E-state index in [1.54, 1.807) is 13.0 Å². The molecule has 0 fully saturated rings.